The second-order valence-corrected chi connectivity index (χ2v) is 7.71. The van der Waals surface area contributed by atoms with Crippen molar-refractivity contribution in [2.45, 2.75) is 26.2 Å². The molecular formula is C24H31N3O4. The fraction of sp³-hybridized carbons (Fsp3) is 0.417. The van der Waals surface area contributed by atoms with Gasteiger partial charge in [-0.2, -0.15) is 0 Å². The fourth-order valence-corrected chi connectivity index (χ4v) is 3.74. The van der Waals surface area contributed by atoms with Gasteiger partial charge < -0.3 is 20.1 Å². The maximum absolute atomic E-state index is 12.6. The molecule has 1 heterocycles. The molecule has 1 aliphatic heterocycles. The number of nitrogens with one attached hydrogen (secondary N) is 2. The predicted molar refractivity (Wildman–Crippen MR) is 122 cm³/mol. The molecule has 1 saturated heterocycles. The smallest absolute Gasteiger partial charge is 0.238 e. The quantitative estimate of drug-likeness (QED) is 0.676. The topological polar surface area (TPSA) is 79.9 Å². The second kappa shape index (κ2) is 10.8. The van der Waals surface area contributed by atoms with Crippen LogP contribution in [0.2, 0.25) is 0 Å². The summed E-state index contributed by atoms with van der Waals surface area (Å²) in [6.07, 6.45) is 2.46. The van der Waals surface area contributed by atoms with E-state index in [9.17, 15) is 9.59 Å². The van der Waals surface area contributed by atoms with Gasteiger partial charge in [-0.25, -0.2) is 0 Å². The number of rotatable bonds is 8. The second-order valence-electron chi connectivity index (χ2n) is 7.71. The van der Waals surface area contributed by atoms with Gasteiger partial charge in [0.05, 0.1) is 20.8 Å². The molecular weight excluding hydrogens is 394 g/mol. The van der Waals surface area contributed by atoms with Gasteiger partial charge >= 0.3 is 0 Å². The van der Waals surface area contributed by atoms with Crippen LogP contribution in [0.5, 0.6) is 11.5 Å². The van der Waals surface area contributed by atoms with Gasteiger partial charge in [-0.15, -0.1) is 0 Å². The van der Waals surface area contributed by atoms with Gasteiger partial charge in [0, 0.05) is 23.4 Å². The van der Waals surface area contributed by atoms with Crippen molar-refractivity contribution in [1.29, 1.82) is 0 Å². The summed E-state index contributed by atoms with van der Waals surface area (Å²) in [7, 11) is 3.13. The number of aryl methyl sites for hydroxylation is 1. The first-order chi connectivity index (χ1) is 15.0. The van der Waals surface area contributed by atoms with E-state index in [0.717, 1.165) is 24.9 Å². The molecule has 7 nitrogen and oxygen atoms in total. The van der Waals surface area contributed by atoms with Crippen LogP contribution in [0.4, 0.5) is 11.4 Å². The van der Waals surface area contributed by atoms with Gasteiger partial charge in [-0.3, -0.25) is 14.5 Å². The van der Waals surface area contributed by atoms with Crippen LogP contribution in [-0.2, 0) is 16.0 Å². The number of amides is 2. The van der Waals surface area contributed by atoms with Gasteiger partial charge in [0.2, 0.25) is 11.8 Å². The predicted octanol–water partition coefficient (Wildman–Crippen LogP) is 3.56. The molecule has 0 bridgehead atoms. The summed E-state index contributed by atoms with van der Waals surface area (Å²) < 4.78 is 10.5. The largest absolute Gasteiger partial charge is 0.493 e. The molecule has 166 valence electrons. The summed E-state index contributed by atoms with van der Waals surface area (Å²) in [6.45, 7) is 3.83. The third-order valence-corrected chi connectivity index (χ3v) is 5.62. The molecule has 7 heteroatoms. The minimum absolute atomic E-state index is 0.0315. The Bertz CT molecular complexity index is 890. The molecule has 0 saturated carbocycles. The normalized spacial score (nSPS) is 14.7. The fourth-order valence-electron chi connectivity index (χ4n) is 3.74. The number of benzene rings is 2. The Morgan fingerprint density at radius 1 is 0.935 bits per heavy atom. The number of likely N-dealkylation sites (tertiary alicyclic amines) is 1. The van der Waals surface area contributed by atoms with E-state index in [1.54, 1.807) is 32.4 Å². The van der Waals surface area contributed by atoms with Crippen molar-refractivity contribution in [3.8, 4) is 11.5 Å². The van der Waals surface area contributed by atoms with Crippen LogP contribution in [0.15, 0.2) is 42.5 Å². The first-order valence-electron chi connectivity index (χ1n) is 10.7. The van der Waals surface area contributed by atoms with Crippen molar-refractivity contribution in [3.63, 3.8) is 0 Å². The number of nitrogens with zero attached hydrogens (tertiary/aromatic N) is 1. The average molecular weight is 426 g/mol. The molecule has 2 aromatic rings. The Labute approximate surface area is 183 Å². The van der Waals surface area contributed by atoms with Crippen molar-refractivity contribution in [3.05, 3.63) is 48.0 Å². The third kappa shape index (κ3) is 6.21. The van der Waals surface area contributed by atoms with E-state index in [1.165, 1.54) is 5.56 Å². The van der Waals surface area contributed by atoms with Crippen LogP contribution in [-0.4, -0.2) is 50.6 Å². The lowest BCUT2D eigenvalue weighted by Crippen LogP contribution is -2.41. The molecule has 2 N–H and O–H groups in total. The van der Waals surface area contributed by atoms with Gasteiger partial charge in [0.25, 0.3) is 0 Å². The molecule has 1 fully saturated rings. The molecule has 2 aromatic carbocycles. The third-order valence-electron chi connectivity index (χ3n) is 5.62. The molecule has 2 amide bonds. The summed E-state index contributed by atoms with van der Waals surface area (Å²) in [5, 5.41) is 5.91. The van der Waals surface area contributed by atoms with Crippen molar-refractivity contribution in [2.75, 3.05) is 44.5 Å². The highest BCUT2D eigenvalue weighted by atomic mass is 16.5. The number of carbonyl (C=O) groups is 2. The monoisotopic (exact) mass is 425 g/mol. The Morgan fingerprint density at radius 3 is 2.19 bits per heavy atom. The van der Waals surface area contributed by atoms with Crippen LogP contribution < -0.4 is 20.1 Å². The van der Waals surface area contributed by atoms with Crippen LogP contribution in [0.25, 0.3) is 0 Å². The Balaban J connectivity index is 1.45. The molecule has 1 aliphatic rings. The number of hydrogen-bond donors (Lipinski definition) is 2. The molecule has 0 spiro atoms. The van der Waals surface area contributed by atoms with E-state index in [0.29, 0.717) is 36.8 Å². The van der Waals surface area contributed by atoms with E-state index in [-0.39, 0.29) is 17.7 Å². The van der Waals surface area contributed by atoms with Crippen LogP contribution in [0.3, 0.4) is 0 Å². The van der Waals surface area contributed by atoms with Crippen molar-refractivity contribution < 1.29 is 19.1 Å². The van der Waals surface area contributed by atoms with Gasteiger partial charge in [-0.05, 0) is 62.2 Å². The van der Waals surface area contributed by atoms with Gasteiger partial charge in [0.15, 0.2) is 11.5 Å². The number of anilines is 2. The van der Waals surface area contributed by atoms with Gasteiger partial charge in [-0.1, -0.05) is 19.1 Å². The average Bonchev–Trinajstić information content (AvgIpc) is 2.79. The Hall–Kier alpha value is -3.06. The molecule has 31 heavy (non-hydrogen) atoms. The zero-order valence-corrected chi connectivity index (χ0v) is 18.4. The molecule has 0 unspecified atom stereocenters. The molecule has 3 rings (SSSR count). The lowest BCUT2D eigenvalue weighted by atomic mass is 9.95. The lowest BCUT2D eigenvalue weighted by Gasteiger charge is -2.30. The van der Waals surface area contributed by atoms with Crippen LogP contribution >= 0.6 is 0 Å². The molecule has 0 aromatic heterocycles. The van der Waals surface area contributed by atoms with Gasteiger partial charge in [0.1, 0.15) is 0 Å². The van der Waals surface area contributed by atoms with Crippen LogP contribution in [0.1, 0.15) is 25.3 Å². The number of carbonyl (C=O) groups excluding carboxylic acids is 2. The zero-order valence-electron chi connectivity index (χ0n) is 18.4. The lowest BCUT2D eigenvalue weighted by molar-refractivity contribution is -0.121. The van der Waals surface area contributed by atoms with E-state index >= 15 is 0 Å². The number of ether oxygens (including phenoxy) is 2. The summed E-state index contributed by atoms with van der Waals surface area (Å²) in [4.78, 5) is 27.1. The highest BCUT2D eigenvalue weighted by Gasteiger charge is 2.26. The summed E-state index contributed by atoms with van der Waals surface area (Å²) in [5.41, 5.74) is 2.74. The summed E-state index contributed by atoms with van der Waals surface area (Å²) in [5.74, 6) is 1.11. The summed E-state index contributed by atoms with van der Waals surface area (Å²) in [6, 6.07) is 13.2. The van der Waals surface area contributed by atoms with E-state index in [4.69, 9.17) is 9.47 Å². The first-order valence-corrected chi connectivity index (χ1v) is 10.7. The van der Waals surface area contributed by atoms with E-state index < -0.39 is 0 Å². The highest BCUT2D eigenvalue weighted by molar-refractivity contribution is 5.93. The molecule has 0 aliphatic carbocycles. The Morgan fingerprint density at radius 2 is 1.58 bits per heavy atom. The highest BCUT2D eigenvalue weighted by Crippen LogP contribution is 2.29. The summed E-state index contributed by atoms with van der Waals surface area (Å²) >= 11 is 0. The molecule has 0 radical (unpaired) electrons. The van der Waals surface area contributed by atoms with Crippen molar-refractivity contribution in [1.82, 2.24) is 4.90 Å². The minimum atomic E-state index is -0.0915. The van der Waals surface area contributed by atoms with E-state index in [1.807, 2.05) is 24.3 Å². The number of hydrogen-bond acceptors (Lipinski definition) is 5. The van der Waals surface area contributed by atoms with Crippen molar-refractivity contribution in [2.24, 2.45) is 5.92 Å². The maximum atomic E-state index is 12.6. The number of piperidine rings is 1. The molecule has 0 atom stereocenters. The SMILES string of the molecule is CCc1ccc(NC(=O)C2CCN(CC(=O)Nc3ccc(OC)c(OC)c3)CC2)cc1. The standard InChI is InChI=1S/C24H31N3O4/c1-4-17-5-7-19(8-6-17)26-24(29)18-11-13-27(14-12-18)16-23(28)25-20-9-10-21(30-2)22(15-20)31-3/h5-10,15,18H,4,11-14,16H2,1-3H3,(H,25,28)(H,26,29). The van der Waals surface area contributed by atoms with E-state index in [2.05, 4.69) is 22.5 Å². The zero-order chi connectivity index (χ0) is 22.2. The maximum Gasteiger partial charge on any atom is 0.238 e. The Kier molecular flexibility index (Phi) is 7.89. The van der Waals surface area contributed by atoms with Crippen LogP contribution in [0, 0.1) is 5.92 Å². The van der Waals surface area contributed by atoms with Crippen molar-refractivity contribution >= 4 is 23.2 Å². The number of methoxy groups -OCH3 is 2. The minimum Gasteiger partial charge on any atom is -0.493 e. The first kappa shape index (κ1) is 22.6.